The van der Waals surface area contributed by atoms with Crippen LogP contribution in [-0.2, 0) is 23.6 Å². The number of unbranched alkanes of at least 4 members (excludes halogenated alkanes) is 5. The number of nitrogens with two attached hydrogens (primary N) is 1. The van der Waals surface area contributed by atoms with Crippen LogP contribution in [0.1, 0.15) is 119 Å². The summed E-state index contributed by atoms with van der Waals surface area (Å²) in [6, 6.07) is -0.841. The van der Waals surface area contributed by atoms with E-state index in [2.05, 4.69) is 57.2 Å². The van der Waals surface area contributed by atoms with Crippen LogP contribution >= 0.6 is 0 Å². The number of carbonyl (C=O) groups is 2. The van der Waals surface area contributed by atoms with Crippen LogP contribution in [0, 0.1) is 33.3 Å². The molecule has 1 aliphatic heterocycles. The predicted molar refractivity (Wildman–Crippen MR) is 178 cm³/mol. The van der Waals surface area contributed by atoms with Gasteiger partial charge in [-0.25, -0.2) is 15.1 Å². The van der Waals surface area contributed by atoms with Gasteiger partial charge in [0.05, 0.1) is 24.3 Å². The Morgan fingerprint density at radius 1 is 1.09 bits per heavy atom. The van der Waals surface area contributed by atoms with Crippen LogP contribution < -0.4 is 21.8 Å². The quantitative estimate of drug-likeness (QED) is 0.0358. The van der Waals surface area contributed by atoms with E-state index in [0.29, 0.717) is 31.3 Å². The summed E-state index contributed by atoms with van der Waals surface area (Å²) in [5, 5.41) is 15.9. The van der Waals surface area contributed by atoms with E-state index in [1.807, 2.05) is 0 Å². The van der Waals surface area contributed by atoms with Gasteiger partial charge in [-0.1, -0.05) is 72.1 Å². The van der Waals surface area contributed by atoms with Crippen LogP contribution in [0.2, 0.25) is 0 Å². The highest BCUT2D eigenvalue weighted by molar-refractivity contribution is 6.48. The average molecular weight is 651 g/mol. The molecule has 4 rings (SSSR count). The Morgan fingerprint density at radius 3 is 2.48 bits per heavy atom. The normalized spacial score (nSPS) is 26.2. The first-order chi connectivity index (χ1) is 21.8. The van der Waals surface area contributed by atoms with Gasteiger partial charge in [0, 0.05) is 19.6 Å². The predicted octanol–water partition coefficient (Wildman–Crippen LogP) is 3.91. The van der Waals surface area contributed by atoms with E-state index in [9.17, 15) is 19.7 Å². The van der Waals surface area contributed by atoms with Crippen molar-refractivity contribution < 1.29 is 28.7 Å². The van der Waals surface area contributed by atoms with Crippen molar-refractivity contribution in [3.8, 4) is 0 Å². The minimum atomic E-state index is -0.841. The van der Waals surface area contributed by atoms with Crippen LogP contribution in [0.3, 0.4) is 0 Å². The number of amides is 2. The number of nitrogens with one attached hydrogen (secondary N) is 3. The Labute approximate surface area is 275 Å². The monoisotopic (exact) mass is 650 g/mol. The van der Waals surface area contributed by atoms with Gasteiger partial charge in [0.2, 0.25) is 11.8 Å². The van der Waals surface area contributed by atoms with Gasteiger partial charge in [0.1, 0.15) is 6.04 Å². The zero-order valence-corrected chi connectivity index (χ0v) is 29.0. The highest BCUT2D eigenvalue weighted by atomic mass is 16.7. The molecule has 46 heavy (non-hydrogen) atoms. The van der Waals surface area contributed by atoms with Gasteiger partial charge < -0.3 is 30.4 Å². The fourth-order valence-corrected chi connectivity index (χ4v) is 7.51. The third-order valence-electron chi connectivity index (χ3n) is 10.3. The Kier molecular flexibility index (Phi) is 14.6. The molecule has 2 bridgehead atoms. The summed E-state index contributed by atoms with van der Waals surface area (Å²) in [7, 11) is -0.583. The van der Waals surface area contributed by atoms with Gasteiger partial charge in [-0.15, -0.1) is 0 Å². The zero-order chi connectivity index (χ0) is 33.9. The lowest BCUT2D eigenvalue weighted by atomic mass is 9.43. The molecular weight excluding hydrogens is 591 g/mol. The van der Waals surface area contributed by atoms with Crippen molar-refractivity contribution in [2.24, 2.45) is 33.9 Å². The molecule has 262 valence electrons. The summed E-state index contributed by atoms with van der Waals surface area (Å²) >= 11 is 0. The molecule has 0 aromatic heterocycles. The Morgan fingerprint density at radius 2 is 1.80 bits per heavy atom. The third kappa shape index (κ3) is 10.5. The number of aliphatic imine (C=N–C) groups is 1. The van der Waals surface area contributed by atoms with Crippen molar-refractivity contribution in [3.05, 3.63) is 10.1 Å². The molecule has 4 fully saturated rings. The van der Waals surface area contributed by atoms with Gasteiger partial charge in [-0.05, 0) is 68.6 Å². The molecule has 2 amide bonds. The summed E-state index contributed by atoms with van der Waals surface area (Å²) in [6.07, 6.45) is 10.5. The number of ether oxygens (including phenoxy) is 1. The lowest BCUT2D eigenvalue weighted by Crippen LogP contribution is -2.65. The van der Waals surface area contributed by atoms with E-state index in [1.54, 1.807) is 5.43 Å². The summed E-state index contributed by atoms with van der Waals surface area (Å²) in [4.78, 5) is 41.2. The van der Waals surface area contributed by atoms with Crippen LogP contribution in [0.5, 0.6) is 0 Å². The van der Waals surface area contributed by atoms with Crippen LogP contribution in [0.25, 0.3) is 0 Å². The van der Waals surface area contributed by atoms with E-state index in [0.717, 1.165) is 25.7 Å². The van der Waals surface area contributed by atoms with Crippen molar-refractivity contribution in [3.63, 3.8) is 0 Å². The molecule has 4 aliphatic rings. The lowest BCUT2D eigenvalue weighted by molar-refractivity contribution is -0.525. The fraction of sp³-hybridized carbons (Fsp3) is 0.906. The smallest absolute Gasteiger partial charge is 0.404 e. The molecule has 0 radical (unpaired) electrons. The van der Waals surface area contributed by atoms with E-state index in [-0.39, 0.29) is 61.2 Å². The summed E-state index contributed by atoms with van der Waals surface area (Å²) in [5.41, 5.74) is 7.14. The van der Waals surface area contributed by atoms with Crippen molar-refractivity contribution in [1.82, 2.24) is 16.1 Å². The van der Waals surface area contributed by atoms with Crippen molar-refractivity contribution in [1.29, 1.82) is 0 Å². The second-order valence-corrected chi connectivity index (χ2v) is 14.6. The second kappa shape index (κ2) is 17.6. The SMILES string of the molecule is CCCCCCCCOCCC(=O)N[C@@H](CCCN=C(N)N[N+](=O)[O-])C(=O)N[C@@H](CC(C)C)B1O[C@@H]2C[C@@H]3C[C@@H](C3(C)C)[C@]2(C)O1. The van der Waals surface area contributed by atoms with E-state index in [1.165, 1.54) is 25.7 Å². The topological polar surface area (TPSA) is 179 Å². The standard InChI is InChI=1S/C32H59BN6O7/c1-7-8-9-10-11-12-17-44-18-15-28(40)36-24(14-13-16-35-30(34)38-39(42)43)29(41)37-27(19-22(2)3)33-45-26-21-23-20-25(31(23,4)5)32(26,6)46-33/h22-27H,7-21H2,1-6H3,(H,36,40)(H,37,41)(H3,34,35,38)/t23-,24-,25-,26+,27-,32-/m0/s1. The van der Waals surface area contributed by atoms with Gasteiger partial charge in [-0.3, -0.25) is 9.59 Å². The molecule has 0 aromatic carbocycles. The molecule has 1 saturated heterocycles. The highest BCUT2D eigenvalue weighted by Crippen LogP contribution is 2.65. The van der Waals surface area contributed by atoms with Crippen LogP contribution in [0.15, 0.2) is 4.99 Å². The van der Waals surface area contributed by atoms with Crippen molar-refractivity contribution in [2.75, 3.05) is 19.8 Å². The molecule has 5 N–H and O–H groups in total. The molecule has 0 unspecified atom stereocenters. The molecule has 3 saturated carbocycles. The van der Waals surface area contributed by atoms with Gasteiger partial charge >= 0.3 is 7.12 Å². The number of nitro groups is 1. The first kappa shape index (κ1) is 38.0. The summed E-state index contributed by atoms with van der Waals surface area (Å²) in [6.45, 7) is 14.2. The molecule has 0 aromatic rings. The fourth-order valence-electron chi connectivity index (χ4n) is 7.51. The second-order valence-electron chi connectivity index (χ2n) is 14.6. The highest BCUT2D eigenvalue weighted by Gasteiger charge is 2.68. The zero-order valence-electron chi connectivity index (χ0n) is 29.0. The number of nitrogens with zero attached hydrogens (tertiary/aromatic N) is 2. The Bertz CT molecular complexity index is 1050. The first-order valence-electron chi connectivity index (χ1n) is 17.5. The number of rotatable bonds is 21. The largest absolute Gasteiger partial charge is 0.481 e. The summed E-state index contributed by atoms with van der Waals surface area (Å²) < 4.78 is 18.9. The Hall–Kier alpha value is -2.45. The molecule has 13 nitrogen and oxygen atoms in total. The van der Waals surface area contributed by atoms with E-state index < -0.39 is 29.7 Å². The van der Waals surface area contributed by atoms with E-state index in [4.69, 9.17) is 19.8 Å². The number of hydrogen-bond donors (Lipinski definition) is 4. The van der Waals surface area contributed by atoms with Gasteiger partial charge in [0.15, 0.2) is 5.03 Å². The van der Waals surface area contributed by atoms with Crippen LogP contribution in [-0.4, -0.2) is 73.4 Å². The number of guanidine groups is 1. The molecule has 14 heteroatoms. The summed E-state index contributed by atoms with van der Waals surface area (Å²) in [5.74, 6) is -0.0461. The Balaban J connectivity index is 1.59. The van der Waals surface area contributed by atoms with Gasteiger partial charge in [0.25, 0.3) is 5.96 Å². The maximum Gasteiger partial charge on any atom is 0.481 e. The van der Waals surface area contributed by atoms with Crippen molar-refractivity contribution in [2.45, 2.75) is 142 Å². The molecule has 1 heterocycles. The first-order valence-corrected chi connectivity index (χ1v) is 17.5. The number of carbonyl (C=O) groups excluding carboxylic acids is 2. The minimum absolute atomic E-state index is 0.0104. The molecular formula is C32H59BN6O7. The van der Waals surface area contributed by atoms with Crippen LogP contribution in [0.4, 0.5) is 0 Å². The minimum Gasteiger partial charge on any atom is -0.404 e. The van der Waals surface area contributed by atoms with E-state index >= 15 is 0 Å². The molecule has 3 aliphatic carbocycles. The van der Waals surface area contributed by atoms with Gasteiger partial charge in [-0.2, -0.15) is 0 Å². The van der Waals surface area contributed by atoms with Crippen molar-refractivity contribution >= 4 is 24.9 Å². The lowest BCUT2D eigenvalue weighted by Gasteiger charge is -2.64. The maximum atomic E-state index is 13.8. The maximum absolute atomic E-state index is 13.8. The number of hydrazine groups is 1. The molecule has 6 atom stereocenters. The third-order valence-corrected chi connectivity index (χ3v) is 10.3. The average Bonchev–Trinajstić information content (AvgIpc) is 3.34. The number of hydrogen-bond acceptors (Lipinski definition) is 8. The molecule has 0 spiro atoms.